The van der Waals surface area contributed by atoms with Gasteiger partial charge in [0, 0.05) is 6.07 Å². The van der Waals surface area contributed by atoms with Crippen molar-refractivity contribution in [3.05, 3.63) is 34.4 Å². The molecule has 4 nitrogen and oxygen atoms in total. The van der Waals surface area contributed by atoms with Gasteiger partial charge in [-0.05, 0) is 12.5 Å². The van der Waals surface area contributed by atoms with Crippen molar-refractivity contribution in [1.29, 1.82) is 5.26 Å². The van der Waals surface area contributed by atoms with Crippen LogP contribution in [0.3, 0.4) is 0 Å². The monoisotopic (exact) mass is 222 g/mol. The number of hydrogen-bond donors (Lipinski definition) is 0. The van der Waals surface area contributed by atoms with Crippen molar-refractivity contribution in [2.75, 3.05) is 0 Å². The van der Waals surface area contributed by atoms with E-state index in [0.29, 0.717) is 11.3 Å². The van der Waals surface area contributed by atoms with Crippen LogP contribution < -0.4 is 0 Å². The van der Waals surface area contributed by atoms with Crippen LogP contribution in [0.1, 0.15) is 13.3 Å². The lowest BCUT2D eigenvalue weighted by molar-refractivity contribution is -0.387. The standard InChI is InChI=1S/C10H10N2O2S/c1-2-8(7-11)15-10-6-4-3-5-9(10)12(13)14/h3-6,8H,2H2,1H3. The Hall–Kier alpha value is -1.54. The van der Waals surface area contributed by atoms with Gasteiger partial charge in [0.1, 0.15) is 0 Å². The molecule has 0 N–H and O–H groups in total. The molecule has 0 aliphatic rings. The van der Waals surface area contributed by atoms with E-state index >= 15 is 0 Å². The lowest BCUT2D eigenvalue weighted by Gasteiger charge is -2.05. The highest BCUT2D eigenvalue weighted by atomic mass is 32.2. The third-order valence-corrected chi connectivity index (χ3v) is 3.17. The Morgan fingerprint density at radius 3 is 2.80 bits per heavy atom. The molecule has 1 aromatic carbocycles. The van der Waals surface area contributed by atoms with Gasteiger partial charge in [-0.2, -0.15) is 5.26 Å². The Labute approximate surface area is 92.1 Å². The normalized spacial score (nSPS) is 11.7. The van der Waals surface area contributed by atoms with Crippen LogP contribution in [0.5, 0.6) is 0 Å². The maximum absolute atomic E-state index is 10.7. The molecular weight excluding hydrogens is 212 g/mol. The van der Waals surface area contributed by atoms with Gasteiger partial charge in [0.05, 0.1) is 21.1 Å². The molecule has 0 radical (unpaired) electrons. The van der Waals surface area contributed by atoms with Crippen LogP contribution in [0.2, 0.25) is 0 Å². The SMILES string of the molecule is CCC(C#N)Sc1ccccc1[N+](=O)[O-]. The fourth-order valence-corrected chi connectivity index (χ4v) is 2.01. The number of nitrogens with zero attached hydrogens (tertiary/aromatic N) is 2. The topological polar surface area (TPSA) is 66.9 Å². The molecule has 0 spiro atoms. The summed E-state index contributed by atoms with van der Waals surface area (Å²) in [5.41, 5.74) is 0.0659. The number of benzene rings is 1. The fourth-order valence-electron chi connectivity index (χ4n) is 1.06. The zero-order valence-corrected chi connectivity index (χ0v) is 9.03. The predicted octanol–water partition coefficient (Wildman–Crippen LogP) is 2.99. The van der Waals surface area contributed by atoms with Crippen molar-refractivity contribution in [1.82, 2.24) is 0 Å². The molecule has 1 rings (SSSR count). The Kier molecular flexibility index (Phi) is 4.13. The minimum Gasteiger partial charge on any atom is -0.258 e. The number of nitro groups is 1. The Morgan fingerprint density at radius 2 is 2.27 bits per heavy atom. The van der Waals surface area contributed by atoms with Crippen molar-refractivity contribution in [2.24, 2.45) is 0 Å². The second-order valence-electron chi connectivity index (χ2n) is 2.87. The van der Waals surface area contributed by atoms with Gasteiger partial charge in [-0.15, -0.1) is 11.8 Å². The first-order valence-corrected chi connectivity index (χ1v) is 5.36. The van der Waals surface area contributed by atoms with Crippen molar-refractivity contribution >= 4 is 17.4 Å². The summed E-state index contributed by atoms with van der Waals surface area (Å²) >= 11 is 1.24. The van der Waals surface area contributed by atoms with Crippen molar-refractivity contribution < 1.29 is 4.92 Å². The van der Waals surface area contributed by atoms with E-state index in [1.807, 2.05) is 6.92 Å². The molecule has 0 aliphatic heterocycles. The zero-order valence-electron chi connectivity index (χ0n) is 8.21. The quantitative estimate of drug-likeness (QED) is 0.446. The summed E-state index contributed by atoms with van der Waals surface area (Å²) in [6.07, 6.45) is 0.674. The highest BCUT2D eigenvalue weighted by Crippen LogP contribution is 2.32. The van der Waals surface area contributed by atoms with Gasteiger partial charge in [-0.1, -0.05) is 19.1 Å². The van der Waals surface area contributed by atoms with E-state index in [0.717, 1.165) is 0 Å². The summed E-state index contributed by atoms with van der Waals surface area (Å²) in [5.74, 6) is 0. The number of nitriles is 1. The summed E-state index contributed by atoms with van der Waals surface area (Å²) in [7, 11) is 0. The number of rotatable bonds is 4. The molecule has 0 aromatic heterocycles. The van der Waals surface area contributed by atoms with Gasteiger partial charge >= 0.3 is 0 Å². The van der Waals surface area contributed by atoms with Gasteiger partial charge in [-0.3, -0.25) is 10.1 Å². The van der Waals surface area contributed by atoms with E-state index < -0.39 is 4.92 Å². The molecule has 0 heterocycles. The molecule has 0 saturated carbocycles. The summed E-state index contributed by atoms with van der Waals surface area (Å²) in [5, 5.41) is 19.2. The molecule has 15 heavy (non-hydrogen) atoms. The third kappa shape index (κ3) is 2.96. The second-order valence-corrected chi connectivity index (χ2v) is 4.11. The average molecular weight is 222 g/mol. The Morgan fingerprint density at radius 1 is 1.60 bits per heavy atom. The van der Waals surface area contributed by atoms with Crippen LogP contribution in [-0.2, 0) is 0 Å². The molecule has 0 bridgehead atoms. The first-order valence-electron chi connectivity index (χ1n) is 4.48. The third-order valence-electron chi connectivity index (χ3n) is 1.85. The number of hydrogen-bond acceptors (Lipinski definition) is 4. The molecule has 0 amide bonds. The lowest BCUT2D eigenvalue weighted by Crippen LogP contribution is -1.97. The summed E-state index contributed by atoms with van der Waals surface area (Å²) < 4.78 is 0. The van der Waals surface area contributed by atoms with E-state index in [9.17, 15) is 10.1 Å². The molecule has 1 atom stereocenters. The molecule has 1 unspecified atom stereocenters. The summed E-state index contributed by atoms with van der Waals surface area (Å²) in [6, 6.07) is 8.58. The predicted molar refractivity (Wildman–Crippen MR) is 58.6 cm³/mol. The molecule has 0 aliphatic carbocycles. The summed E-state index contributed by atoms with van der Waals surface area (Å²) in [4.78, 5) is 10.8. The Bertz CT molecular complexity index is 401. The van der Waals surface area contributed by atoms with Gasteiger partial charge in [0.2, 0.25) is 0 Å². The van der Waals surface area contributed by atoms with E-state index in [1.54, 1.807) is 18.2 Å². The zero-order chi connectivity index (χ0) is 11.3. The first kappa shape index (κ1) is 11.5. The van der Waals surface area contributed by atoms with E-state index in [4.69, 9.17) is 5.26 Å². The van der Waals surface area contributed by atoms with Crippen LogP contribution in [0, 0.1) is 21.4 Å². The number of para-hydroxylation sites is 1. The number of nitro benzene ring substituents is 1. The van der Waals surface area contributed by atoms with Gasteiger partial charge in [-0.25, -0.2) is 0 Å². The molecule has 5 heteroatoms. The van der Waals surface area contributed by atoms with E-state index in [1.165, 1.54) is 17.8 Å². The van der Waals surface area contributed by atoms with Crippen molar-refractivity contribution in [3.63, 3.8) is 0 Å². The van der Waals surface area contributed by atoms with Gasteiger partial charge in [0.15, 0.2) is 0 Å². The molecule has 1 aromatic rings. The van der Waals surface area contributed by atoms with Crippen LogP contribution >= 0.6 is 11.8 Å². The van der Waals surface area contributed by atoms with E-state index in [-0.39, 0.29) is 10.9 Å². The van der Waals surface area contributed by atoms with Crippen LogP contribution in [0.4, 0.5) is 5.69 Å². The first-order chi connectivity index (χ1) is 7.19. The van der Waals surface area contributed by atoms with Gasteiger partial charge in [0.25, 0.3) is 5.69 Å². The average Bonchev–Trinajstić information content (AvgIpc) is 2.26. The molecule has 0 fully saturated rings. The highest BCUT2D eigenvalue weighted by molar-refractivity contribution is 8.00. The maximum atomic E-state index is 10.7. The van der Waals surface area contributed by atoms with Crippen LogP contribution in [0.25, 0.3) is 0 Å². The lowest BCUT2D eigenvalue weighted by atomic mass is 10.3. The largest absolute Gasteiger partial charge is 0.282 e. The van der Waals surface area contributed by atoms with Crippen molar-refractivity contribution in [2.45, 2.75) is 23.5 Å². The smallest absolute Gasteiger partial charge is 0.258 e. The van der Waals surface area contributed by atoms with Crippen molar-refractivity contribution in [3.8, 4) is 6.07 Å². The van der Waals surface area contributed by atoms with E-state index in [2.05, 4.69) is 6.07 Å². The Balaban J connectivity index is 2.94. The van der Waals surface area contributed by atoms with Crippen LogP contribution in [0.15, 0.2) is 29.2 Å². The summed E-state index contributed by atoms with van der Waals surface area (Å²) in [6.45, 7) is 1.88. The minimum atomic E-state index is -0.424. The second kappa shape index (κ2) is 5.37. The molecule has 0 saturated heterocycles. The molecular formula is C10H10N2O2S. The van der Waals surface area contributed by atoms with Gasteiger partial charge < -0.3 is 0 Å². The number of thioether (sulfide) groups is 1. The van der Waals surface area contributed by atoms with Crippen LogP contribution in [-0.4, -0.2) is 10.2 Å². The fraction of sp³-hybridized carbons (Fsp3) is 0.300. The minimum absolute atomic E-state index is 0.0659. The maximum Gasteiger partial charge on any atom is 0.282 e. The highest BCUT2D eigenvalue weighted by Gasteiger charge is 2.16. The molecule has 78 valence electrons.